The molecule has 5 heteroatoms. The van der Waals surface area contributed by atoms with Crippen molar-refractivity contribution in [3.8, 4) is 0 Å². The van der Waals surface area contributed by atoms with Gasteiger partial charge in [0.2, 0.25) is 5.91 Å². The molecule has 2 unspecified atom stereocenters. The number of ketones is 1. The highest BCUT2D eigenvalue weighted by atomic mass is 32.2. The lowest BCUT2D eigenvalue weighted by Crippen LogP contribution is -2.43. The first-order valence-electron chi connectivity index (χ1n) is 7.27. The van der Waals surface area contributed by atoms with E-state index in [1.54, 1.807) is 6.92 Å². The van der Waals surface area contributed by atoms with Gasteiger partial charge in [0.15, 0.2) is 10.9 Å². The lowest BCUT2D eigenvalue weighted by Gasteiger charge is -2.20. The fourth-order valence-corrected chi connectivity index (χ4v) is 3.66. The number of hydrogen-bond donors (Lipinski definition) is 1. The van der Waals surface area contributed by atoms with Gasteiger partial charge in [0, 0.05) is 18.1 Å². The number of carbonyl (C=O) groups is 3. The van der Waals surface area contributed by atoms with Crippen LogP contribution in [0.25, 0.3) is 0 Å². The zero-order valence-corrected chi connectivity index (χ0v) is 13.6. The van der Waals surface area contributed by atoms with E-state index in [-0.39, 0.29) is 34.0 Å². The minimum absolute atomic E-state index is 0.0136. The Balaban J connectivity index is 2.49. The number of rotatable bonds is 6. The molecule has 20 heavy (non-hydrogen) atoms. The molecule has 0 radical (unpaired) electrons. The summed E-state index contributed by atoms with van der Waals surface area (Å²) in [5.41, 5.74) is 0. The van der Waals surface area contributed by atoms with Gasteiger partial charge in [-0.25, -0.2) is 0 Å². The Morgan fingerprint density at radius 1 is 1.20 bits per heavy atom. The Morgan fingerprint density at radius 3 is 2.35 bits per heavy atom. The maximum Gasteiger partial charge on any atom is 0.223 e. The Labute approximate surface area is 125 Å². The summed E-state index contributed by atoms with van der Waals surface area (Å²) in [6.07, 6.45) is 3.13. The summed E-state index contributed by atoms with van der Waals surface area (Å²) >= 11 is 1.33. The Hall–Kier alpha value is -0.840. The van der Waals surface area contributed by atoms with E-state index < -0.39 is 0 Å². The van der Waals surface area contributed by atoms with Gasteiger partial charge in [0.25, 0.3) is 0 Å². The number of hydrogen-bond acceptors (Lipinski definition) is 4. The highest BCUT2D eigenvalue weighted by molar-refractivity contribution is 8.14. The molecular weight excluding hydrogens is 274 g/mol. The maximum atomic E-state index is 12.2. The Bertz CT molecular complexity index is 381. The van der Waals surface area contributed by atoms with Crippen molar-refractivity contribution in [1.82, 2.24) is 5.32 Å². The molecule has 0 aromatic carbocycles. The summed E-state index contributed by atoms with van der Waals surface area (Å²) in [7, 11) is 0. The van der Waals surface area contributed by atoms with Crippen LogP contribution in [0.5, 0.6) is 0 Å². The summed E-state index contributed by atoms with van der Waals surface area (Å²) in [5.74, 6) is 0.298. The van der Waals surface area contributed by atoms with E-state index in [4.69, 9.17) is 0 Å². The summed E-state index contributed by atoms with van der Waals surface area (Å²) < 4.78 is 0. The topological polar surface area (TPSA) is 63.2 Å². The minimum Gasteiger partial charge on any atom is -0.346 e. The summed E-state index contributed by atoms with van der Waals surface area (Å²) in [6, 6.07) is -0.373. The molecule has 3 atom stereocenters. The van der Waals surface area contributed by atoms with Crippen LogP contribution in [0.4, 0.5) is 0 Å². The van der Waals surface area contributed by atoms with Crippen LogP contribution in [0.3, 0.4) is 0 Å². The molecule has 0 saturated heterocycles. The SMILES string of the molecule is CC(=O)SC1CCC(C(=O)N[C@@H](CC(C)C)C(C)=O)C1. The number of carbonyl (C=O) groups excluding carboxylic acids is 3. The van der Waals surface area contributed by atoms with Crippen LogP contribution in [-0.2, 0) is 14.4 Å². The van der Waals surface area contributed by atoms with Crippen LogP contribution in [-0.4, -0.2) is 28.1 Å². The van der Waals surface area contributed by atoms with Gasteiger partial charge in [-0.1, -0.05) is 25.6 Å². The van der Waals surface area contributed by atoms with Gasteiger partial charge in [0.05, 0.1) is 6.04 Å². The molecule has 114 valence electrons. The second-order valence-electron chi connectivity index (χ2n) is 6.04. The van der Waals surface area contributed by atoms with Crippen molar-refractivity contribution in [2.45, 2.75) is 64.7 Å². The van der Waals surface area contributed by atoms with Gasteiger partial charge in [-0.3, -0.25) is 14.4 Å². The third kappa shape index (κ3) is 5.65. The molecule has 1 aliphatic carbocycles. The Kier molecular flexibility index (Phi) is 6.72. The van der Waals surface area contributed by atoms with E-state index >= 15 is 0 Å². The fourth-order valence-electron chi connectivity index (χ4n) is 2.61. The monoisotopic (exact) mass is 299 g/mol. The highest BCUT2D eigenvalue weighted by Crippen LogP contribution is 2.34. The van der Waals surface area contributed by atoms with Crippen molar-refractivity contribution in [3.63, 3.8) is 0 Å². The zero-order valence-electron chi connectivity index (χ0n) is 12.8. The van der Waals surface area contributed by atoms with Crippen molar-refractivity contribution in [2.24, 2.45) is 11.8 Å². The van der Waals surface area contributed by atoms with Gasteiger partial charge in [-0.05, 0) is 38.5 Å². The molecule has 0 aromatic heterocycles. The first kappa shape index (κ1) is 17.2. The molecule has 1 rings (SSSR count). The summed E-state index contributed by atoms with van der Waals surface area (Å²) in [5, 5.41) is 3.24. The largest absolute Gasteiger partial charge is 0.346 e. The van der Waals surface area contributed by atoms with Gasteiger partial charge in [-0.15, -0.1) is 0 Å². The third-order valence-electron chi connectivity index (χ3n) is 3.60. The normalized spacial score (nSPS) is 23.6. The van der Waals surface area contributed by atoms with Crippen molar-refractivity contribution < 1.29 is 14.4 Å². The second-order valence-corrected chi connectivity index (χ2v) is 7.52. The van der Waals surface area contributed by atoms with Gasteiger partial charge < -0.3 is 5.32 Å². The van der Waals surface area contributed by atoms with E-state index in [0.29, 0.717) is 12.3 Å². The van der Waals surface area contributed by atoms with Crippen LogP contribution < -0.4 is 5.32 Å². The molecule has 1 N–H and O–H groups in total. The lowest BCUT2D eigenvalue weighted by molar-refractivity contribution is -0.129. The van der Waals surface area contributed by atoms with Crippen LogP contribution >= 0.6 is 11.8 Å². The van der Waals surface area contributed by atoms with Crippen LogP contribution in [0.15, 0.2) is 0 Å². The second kappa shape index (κ2) is 7.81. The summed E-state index contributed by atoms with van der Waals surface area (Å²) in [6.45, 7) is 7.16. The first-order chi connectivity index (χ1) is 9.29. The molecule has 0 bridgehead atoms. The quantitative estimate of drug-likeness (QED) is 0.818. The van der Waals surface area contributed by atoms with Crippen molar-refractivity contribution in [3.05, 3.63) is 0 Å². The van der Waals surface area contributed by atoms with E-state index in [1.165, 1.54) is 18.7 Å². The van der Waals surface area contributed by atoms with Gasteiger partial charge >= 0.3 is 0 Å². The van der Waals surface area contributed by atoms with Crippen LogP contribution in [0.1, 0.15) is 53.4 Å². The number of Topliss-reactive ketones (excluding diaryl/α,β-unsaturated/α-hetero) is 1. The average Bonchev–Trinajstić information content (AvgIpc) is 2.74. The fraction of sp³-hybridized carbons (Fsp3) is 0.800. The molecule has 0 aromatic rings. The van der Waals surface area contributed by atoms with Crippen molar-refractivity contribution >= 4 is 28.6 Å². The predicted molar refractivity (Wildman–Crippen MR) is 81.5 cm³/mol. The lowest BCUT2D eigenvalue weighted by atomic mass is 9.99. The van der Waals surface area contributed by atoms with E-state index in [9.17, 15) is 14.4 Å². The molecule has 0 aliphatic heterocycles. The van der Waals surface area contributed by atoms with Gasteiger partial charge in [-0.2, -0.15) is 0 Å². The molecule has 4 nitrogen and oxygen atoms in total. The van der Waals surface area contributed by atoms with Gasteiger partial charge in [0.1, 0.15) is 0 Å². The third-order valence-corrected chi connectivity index (χ3v) is 4.70. The average molecular weight is 299 g/mol. The molecule has 0 spiro atoms. The van der Waals surface area contributed by atoms with E-state index in [0.717, 1.165) is 19.3 Å². The molecule has 1 fully saturated rings. The molecule has 1 saturated carbocycles. The van der Waals surface area contributed by atoms with Crippen molar-refractivity contribution in [1.29, 1.82) is 0 Å². The Morgan fingerprint density at radius 2 is 1.85 bits per heavy atom. The van der Waals surface area contributed by atoms with E-state index in [1.807, 2.05) is 13.8 Å². The van der Waals surface area contributed by atoms with Crippen molar-refractivity contribution in [2.75, 3.05) is 0 Å². The number of amides is 1. The minimum atomic E-state index is -0.373. The number of nitrogens with one attached hydrogen (secondary N) is 1. The molecular formula is C15H25NO3S. The number of thioether (sulfide) groups is 1. The predicted octanol–water partition coefficient (Wildman–Crippen LogP) is 2.55. The van der Waals surface area contributed by atoms with E-state index in [2.05, 4.69) is 5.32 Å². The standard InChI is InChI=1S/C15H25NO3S/c1-9(2)7-14(10(3)17)16-15(19)12-5-6-13(8-12)20-11(4)18/h9,12-14H,5-8H2,1-4H3,(H,16,19)/t12?,13?,14-/m0/s1. The first-order valence-corrected chi connectivity index (χ1v) is 8.15. The zero-order chi connectivity index (χ0) is 15.3. The molecule has 1 amide bonds. The van der Waals surface area contributed by atoms with Crippen LogP contribution in [0.2, 0.25) is 0 Å². The summed E-state index contributed by atoms with van der Waals surface area (Å²) in [4.78, 5) is 34.9. The molecule has 1 aliphatic rings. The smallest absolute Gasteiger partial charge is 0.223 e. The highest BCUT2D eigenvalue weighted by Gasteiger charge is 2.32. The maximum absolute atomic E-state index is 12.2. The van der Waals surface area contributed by atoms with Crippen LogP contribution in [0, 0.1) is 11.8 Å². The molecule has 0 heterocycles.